The first-order chi connectivity index (χ1) is 21.2. The topological polar surface area (TPSA) is 38.9 Å². The number of aromatic nitrogens is 2. The van der Waals surface area contributed by atoms with E-state index in [4.69, 9.17) is 12.1 Å². The maximum atomic E-state index is 8.68. The average molecular weight is 755 g/mol. The summed E-state index contributed by atoms with van der Waals surface area (Å²) >= 11 is 0. The van der Waals surface area contributed by atoms with Crippen LogP contribution in [0.2, 0.25) is 19.6 Å². The van der Waals surface area contributed by atoms with Gasteiger partial charge in [-0.3, -0.25) is 0 Å². The molecule has 215 valence electrons. The van der Waals surface area contributed by atoms with Gasteiger partial charge < -0.3 is 14.4 Å². The molecule has 0 N–H and O–H groups in total. The molecular weight excluding hydrogens is 721 g/mol. The first-order valence-electron chi connectivity index (χ1n) is 15.0. The van der Waals surface area contributed by atoms with E-state index >= 15 is 0 Å². The number of fused-ring (bicyclic) bond motifs is 3. The van der Waals surface area contributed by atoms with Gasteiger partial charge in [-0.15, -0.1) is 54.1 Å². The maximum Gasteiger partial charge on any atom is 0.121 e. The number of hydrogen-bond acceptors (Lipinski definition) is 3. The van der Waals surface area contributed by atoms with E-state index in [0.717, 1.165) is 38.9 Å². The third-order valence-corrected chi connectivity index (χ3v) is 9.06. The summed E-state index contributed by atoms with van der Waals surface area (Å²) in [5.74, 6) is 0. The standard InChI is InChI=1S/C27H24NOSi.C11H8N.Ir/c1-30(2,3)21-13-15-25(28-18-21)24-11-7-10-23-22-14-12-20(17-26(22)29-27(23)24)16-19-8-5-4-6-9-19;1-2-6-10(7-3-1)11-8-4-5-9-12-11;/h4-10,12-15,17-18H,16H2,1-3H3;1-6,8-9H;/q2*-1;/i16D2;;. The van der Waals surface area contributed by atoms with E-state index in [1.165, 1.54) is 5.19 Å². The van der Waals surface area contributed by atoms with Gasteiger partial charge in [-0.2, -0.15) is 0 Å². The van der Waals surface area contributed by atoms with Crippen LogP contribution in [0, 0.1) is 12.1 Å². The van der Waals surface area contributed by atoms with Crippen molar-refractivity contribution in [3.8, 4) is 22.5 Å². The van der Waals surface area contributed by atoms with Crippen molar-refractivity contribution in [3.63, 3.8) is 0 Å². The second-order valence-corrected chi connectivity index (χ2v) is 16.2. The summed E-state index contributed by atoms with van der Waals surface area (Å²) in [5, 5.41) is 3.25. The molecule has 43 heavy (non-hydrogen) atoms. The fraction of sp³-hybridized carbons (Fsp3) is 0.105. The minimum Gasteiger partial charge on any atom is -0.501 e. The van der Waals surface area contributed by atoms with Crippen molar-refractivity contribution in [1.82, 2.24) is 9.97 Å². The average Bonchev–Trinajstić information content (AvgIpc) is 3.44. The minimum absolute atomic E-state index is 0. The summed E-state index contributed by atoms with van der Waals surface area (Å²) in [6.07, 6.45) is 2.15. The Labute approximate surface area is 270 Å². The summed E-state index contributed by atoms with van der Waals surface area (Å²) in [6, 6.07) is 43.1. The number of hydrogen-bond donors (Lipinski definition) is 0. The van der Waals surface area contributed by atoms with E-state index in [-0.39, 0.29) is 20.1 Å². The normalized spacial score (nSPS) is 12.1. The quantitative estimate of drug-likeness (QED) is 0.130. The SMILES string of the molecule is [2H]C([2H])(c1ccccc1)c1ccc2c(c1)oc1c(-c3ccc([Si](C)(C)C)cn3)[c-]ccc12.[Ir].[c-]1ccccc1-c1ccccn1. The Hall–Kier alpha value is -4.15. The third kappa shape index (κ3) is 7.09. The molecule has 1 radical (unpaired) electrons. The molecule has 0 amide bonds. The molecule has 0 spiro atoms. The number of rotatable bonds is 5. The van der Waals surface area contributed by atoms with Crippen LogP contribution in [0.5, 0.6) is 0 Å². The van der Waals surface area contributed by atoms with Gasteiger partial charge in [0, 0.05) is 40.6 Å². The Balaban J connectivity index is 0.000000258. The van der Waals surface area contributed by atoms with Crippen molar-refractivity contribution in [2.75, 3.05) is 0 Å². The van der Waals surface area contributed by atoms with Gasteiger partial charge in [0.25, 0.3) is 0 Å². The molecule has 0 saturated carbocycles. The number of furan rings is 1. The third-order valence-electron chi connectivity index (χ3n) is 7.03. The van der Waals surface area contributed by atoms with Crippen molar-refractivity contribution in [2.24, 2.45) is 0 Å². The van der Waals surface area contributed by atoms with Crippen molar-refractivity contribution in [1.29, 1.82) is 0 Å². The predicted molar refractivity (Wildman–Crippen MR) is 177 cm³/mol. The first-order valence-corrected chi connectivity index (χ1v) is 17.5. The monoisotopic (exact) mass is 755 g/mol. The molecule has 4 aromatic carbocycles. The molecule has 0 saturated heterocycles. The van der Waals surface area contributed by atoms with Crippen LogP contribution in [0.4, 0.5) is 0 Å². The Bertz CT molecular complexity index is 1970. The van der Waals surface area contributed by atoms with E-state index in [1.54, 1.807) is 6.20 Å². The van der Waals surface area contributed by atoms with Crippen LogP contribution < -0.4 is 5.19 Å². The van der Waals surface area contributed by atoms with Gasteiger partial charge in [0.15, 0.2) is 0 Å². The van der Waals surface area contributed by atoms with Gasteiger partial charge in [0.1, 0.15) is 5.58 Å². The van der Waals surface area contributed by atoms with E-state index in [1.807, 2.05) is 115 Å². The zero-order valence-corrected chi connectivity index (χ0v) is 27.7. The molecule has 0 fully saturated rings. The summed E-state index contributed by atoms with van der Waals surface area (Å²) in [4.78, 5) is 8.93. The molecular formula is C38H32IrN2OSi-2. The van der Waals surface area contributed by atoms with Crippen LogP contribution in [0.15, 0.2) is 132 Å². The van der Waals surface area contributed by atoms with Gasteiger partial charge in [0.05, 0.1) is 13.7 Å². The maximum absolute atomic E-state index is 8.68. The minimum atomic E-state index is -1.61. The van der Waals surface area contributed by atoms with Gasteiger partial charge in [0.2, 0.25) is 0 Å². The van der Waals surface area contributed by atoms with E-state index in [0.29, 0.717) is 16.7 Å². The fourth-order valence-corrected chi connectivity index (χ4v) is 5.79. The molecule has 7 aromatic rings. The zero-order valence-electron chi connectivity index (χ0n) is 26.3. The summed E-state index contributed by atoms with van der Waals surface area (Å²) < 4.78 is 23.6. The van der Waals surface area contributed by atoms with E-state index in [2.05, 4.69) is 42.8 Å². The summed E-state index contributed by atoms with van der Waals surface area (Å²) in [7, 11) is -1.42. The molecule has 3 heterocycles. The number of benzene rings is 4. The van der Waals surface area contributed by atoms with Crippen LogP contribution in [0.3, 0.4) is 0 Å². The van der Waals surface area contributed by atoms with Crippen molar-refractivity contribution >= 4 is 35.2 Å². The molecule has 0 unspecified atom stereocenters. The molecule has 5 heteroatoms. The predicted octanol–water partition coefficient (Wildman–Crippen LogP) is 9.13. The van der Waals surface area contributed by atoms with E-state index in [9.17, 15) is 0 Å². The Morgan fingerprint density at radius 1 is 0.721 bits per heavy atom. The molecule has 0 aliphatic heterocycles. The summed E-state index contributed by atoms with van der Waals surface area (Å²) in [5.41, 5.74) is 6.25. The molecule has 7 rings (SSSR count). The Kier molecular flexibility index (Phi) is 8.64. The Morgan fingerprint density at radius 3 is 2.23 bits per heavy atom. The first kappa shape index (κ1) is 27.7. The number of nitrogens with zero attached hydrogens (tertiary/aromatic N) is 2. The van der Waals surface area contributed by atoms with Gasteiger partial charge in [-0.05, 0) is 46.2 Å². The molecule has 0 aliphatic rings. The second kappa shape index (κ2) is 13.4. The fourth-order valence-electron chi connectivity index (χ4n) is 4.76. The second-order valence-electron chi connectivity index (χ2n) is 11.1. The van der Waals surface area contributed by atoms with Crippen LogP contribution in [-0.2, 0) is 26.5 Å². The van der Waals surface area contributed by atoms with Crippen molar-refractivity contribution in [2.45, 2.75) is 26.0 Å². The van der Waals surface area contributed by atoms with Gasteiger partial charge >= 0.3 is 0 Å². The van der Waals surface area contributed by atoms with Crippen molar-refractivity contribution in [3.05, 3.63) is 151 Å². The molecule has 0 aliphatic carbocycles. The number of pyridine rings is 2. The molecule has 3 nitrogen and oxygen atoms in total. The van der Waals surface area contributed by atoms with Crippen molar-refractivity contribution < 1.29 is 27.3 Å². The van der Waals surface area contributed by atoms with Crippen LogP contribution in [-0.4, -0.2) is 18.0 Å². The zero-order chi connectivity index (χ0) is 30.7. The Morgan fingerprint density at radius 2 is 1.53 bits per heavy atom. The van der Waals surface area contributed by atoms with Gasteiger partial charge in [-0.25, -0.2) is 0 Å². The van der Waals surface area contributed by atoms with Gasteiger partial charge in [-0.1, -0.05) is 97.3 Å². The molecule has 3 aromatic heterocycles. The molecule has 0 bridgehead atoms. The van der Waals surface area contributed by atoms with Crippen LogP contribution in [0.1, 0.15) is 13.9 Å². The largest absolute Gasteiger partial charge is 0.501 e. The summed E-state index contributed by atoms with van der Waals surface area (Å²) in [6.45, 7) is 6.92. The van der Waals surface area contributed by atoms with Crippen LogP contribution in [0.25, 0.3) is 44.5 Å². The van der Waals surface area contributed by atoms with Crippen LogP contribution >= 0.6 is 0 Å². The van der Waals surface area contributed by atoms with E-state index < -0.39 is 14.4 Å². The molecule has 0 atom stereocenters. The smallest absolute Gasteiger partial charge is 0.121 e.